The summed E-state index contributed by atoms with van der Waals surface area (Å²) in [6.45, 7) is 0. The van der Waals surface area contributed by atoms with Gasteiger partial charge in [0, 0.05) is 6.07 Å². The summed E-state index contributed by atoms with van der Waals surface area (Å²) in [4.78, 5) is 0. The normalized spacial score (nSPS) is 24.4. The van der Waals surface area contributed by atoms with Crippen molar-refractivity contribution in [2.45, 2.75) is 37.9 Å². The molecule has 17 heavy (non-hydrogen) atoms. The zero-order chi connectivity index (χ0) is 12.3. The molecule has 0 bridgehead atoms. The molecule has 0 spiro atoms. The highest BCUT2D eigenvalue weighted by molar-refractivity contribution is 5.56. The molecule has 0 saturated heterocycles. The van der Waals surface area contributed by atoms with Crippen molar-refractivity contribution in [2.75, 3.05) is 5.48 Å². The standard InChI is InChI=1S/C12H15FNO3/c13-8-5-6-9(14-16)12(7-8)17-11-4-2-1-3-10(11)15/h5-7,10-11,14-15H,1-4H2/q-1/t10-,11+/m1/s1. The van der Waals surface area contributed by atoms with Gasteiger partial charge in [-0.1, -0.05) is 6.42 Å². The van der Waals surface area contributed by atoms with E-state index in [1.54, 1.807) is 5.48 Å². The van der Waals surface area contributed by atoms with Crippen LogP contribution in [-0.2, 0) is 0 Å². The van der Waals surface area contributed by atoms with Gasteiger partial charge in [0.25, 0.3) is 0 Å². The number of halogens is 1. The molecule has 4 nitrogen and oxygen atoms in total. The van der Waals surface area contributed by atoms with Gasteiger partial charge in [-0.2, -0.15) is 0 Å². The van der Waals surface area contributed by atoms with Gasteiger partial charge < -0.3 is 20.5 Å². The van der Waals surface area contributed by atoms with Crippen LogP contribution < -0.4 is 10.2 Å². The lowest BCUT2D eigenvalue weighted by molar-refractivity contribution is 0.00712. The first-order valence-electron chi connectivity index (χ1n) is 5.73. The summed E-state index contributed by atoms with van der Waals surface area (Å²) in [6.07, 6.45) is 2.42. The van der Waals surface area contributed by atoms with E-state index in [4.69, 9.17) is 4.74 Å². The highest BCUT2D eigenvalue weighted by atomic mass is 19.1. The minimum Gasteiger partial charge on any atom is -0.761 e. The van der Waals surface area contributed by atoms with Crippen LogP contribution in [0.3, 0.4) is 0 Å². The maximum absolute atomic E-state index is 13.1. The maximum Gasteiger partial charge on any atom is 0.145 e. The molecule has 1 aromatic rings. The minimum atomic E-state index is -0.550. The third kappa shape index (κ3) is 2.87. The SMILES string of the molecule is [O-]Nc1ccc(F)cc1O[C@H]1CCCC[C@H]1O. The second kappa shape index (κ2) is 5.33. The van der Waals surface area contributed by atoms with E-state index in [-0.39, 0.29) is 17.5 Å². The molecule has 0 unspecified atom stereocenters. The molecule has 2 atom stereocenters. The molecule has 2 rings (SSSR count). The van der Waals surface area contributed by atoms with Crippen LogP contribution in [-0.4, -0.2) is 17.3 Å². The summed E-state index contributed by atoms with van der Waals surface area (Å²) in [5, 5.41) is 20.4. The molecule has 0 radical (unpaired) electrons. The average Bonchev–Trinajstić information content (AvgIpc) is 2.32. The maximum atomic E-state index is 13.1. The highest BCUT2D eigenvalue weighted by Crippen LogP contribution is 2.30. The third-order valence-corrected chi connectivity index (χ3v) is 3.00. The van der Waals surface area contributed by atoms with Crippen LogP contribution in [0.5, 0.6) is 5.75 Å². The smallest absolute Gasteiger partial charge is 0.145 e. The summed E-state index contributed by atoms with van der Waals surface area (Å²) < 4.78 is 18.6. The van der Waals surface area contributed by atoms with Gasteiger partial charge in [-0.15, -0.1) is 0 Å². The number of anilines is 1. The van der Waals surface area contributed by atoms with E-state index in [0.717, 1.165) is 25.3 Å². The molecule has 0 aliphatic heterocycles. The van der Waals surface area contributed by atoms with E-state index in [1.807, 2.05) is 0 Å². The molecule has 2 N–H and O–H groups in total. The van der Waals surface area contributed by atoms with Crippen LogP contribution >= 0.6 is 0 Å². The fourth-order valence-electron chi connectivity index (χ4n) is 2.06. The van der Waals surface area contributed by atoms with Crippen molar-refractivity contribution < 1.29 is 14.2 Å². The van der Waals surface area contributed by atoms with Crippen LogP contribution in [0.15, 0.2) is 18.2 Å². The molecule has 0 aromatic heterocycles. The fourth-order valence-corrected chi connectivity index (χ4v) is 2.06. The van der Waals surface area contributed by atoms with Gasteiger partial charge >= 0.3 is 0 Å². The van der Waals surface area contributed by atoms with Crippen molar-refractivity contribution in [3.05, 3.63) is 29.2 Å². The number of aliphatic hydroxyl groups is 1. The average molecular weight is 240 g/mol. The summed E-state index contributed by atoms with van der Waals surface area (Å²) in [7, 11) is 0. The van der Waals surface area contributed by atoms with Crippen molar-refractivity contribution in [3.8, 4) is 5.75 Å². The van der Waals surface area contributed by atoms with Gasteiger partial charge in [-0.25, -0.2) is 4.39 Å². The number of rotatable bonds is 3. The quantitative estimate of drug-likeness (QED) is 0.796. The molecule has 94 valence electrons. The van der Waals surface area contributed by atoms with Crippen molar-refractivity contribution >= 4 is 5.69 Å². The van der Waals surface area contributed by atoms with Gasteiger partial charge in [0.15, 0.2) is 0 Å². The molecule has 0 amide bonds. The molecule has 0 heterocycles. The lowest BCUT2D eigenvalue weighted by Crippen LogP contribution is -2.34. The second-order valence-corrected chi connectivity index (χ2v) is 4.25. The Morgan fingerprint density at radius 1 is 1.35 bits per heavy atom. The molecule has 1 saturated carbocycles. The summed E-state index contributed by atoms with van der Waals surface area (Å²) in [6, 6.07) is 3.67. The lowest BCUT2D eigenvalue weighted by Gasteiger charge is -2.29. The number of benzene rings is 1. The predicted octanol–water partition coefficient (Wildman–Crippen LogP) is 2.42. The van der Waals surface area contributed by atoms with Crippen molar-refractivity contribution in [1.82, 2.24) is 0 Å². The van der Waals surface area contributed by atoms with E-state index in [2.05, 4.69) is 0 Å². The van der Waals surface area contributed by atoms with Crippen LogP contribution in [0.2, 0.25) is 0 Å². The van der Waals surface area contributed by atoms with Gasteiger partial charge in [0.1, 0.15) is 17.7 Å². The van der Waals surface area contributed by atoms with Crippen LogP contribution in [0.1, 0.15) is 25.7 Å². The first-order valence-corrected chi connectivity index (χ1v) is 5.73. The van der Waals surface area contributed by atoms with E-state index in [1.165, 1.54) is 12.1 Å². The minimum absolute atomic E-state index is 0.158. The topological polar surface area (TPSA) is 64.5 Å². The number of nitrogens with one attached hydrogen (secondary N) is 1. The van der Waals surface area contributed by atoms with Crippen LogP contribution in [0.25, 0.3) is 0 Å². The molecular weight excluding hydrogens is 225 g/mol. The summed E-state index contributed by atoms with van der Waals surface area (Å²) in [5.74, 6) is -0.310. The Balaban J connectivity index is 2.13. The Bertz CT molecular complexity index is 386. The van der Waals surface area contributed by atoms with Gasteiger partial charge in [0.2, 0.25) is 0 Å². The first kappa shape index (κ1) is 12.1. The summed E-state index contributed by atoms with van der Waals surface area (Å²) >= 11 is 0. The Morgan fingerprint density at radius 2 is 2.12 bits per heavy atom. The molecule has 5 heteroatoms. The monoisotopic (exact) mass is 240 g/mol. The van der Waals surface area contributed by atoms with Crippen LogP contribution in [0, 0.1) is 11.0 Å². The molecule has 1 aromatic carbocycles. The van der Waals surface area contributed by atoms with Crippen LogP contribution in [0.4, 0.5) is 10.1 Å². The summed E-state index contributed by atoms with van der Waals surface area (Å²) in [5.41, 5.74) is 1.89. The van der Waals surface area contributed by atoms with Crippen molar-refractivity contribution in [3.63, 3.8) is 0 Å². The molecule has 1 fully saturated rings. The van der Waals surface area contributed by atoms with Gasteiger partial charge in [-0.3, -0.25) is 0 Å². The number of hydrogen-bond donors (Lipinski definition) is 2. The van der Waals surface area contributed by atoms with E-state index in [0.29, 0.717) is 6.42 Å². The zero-order valence-corrected chi connectivity index (χ0v) is 9.36. The fraction of sp³-hybridized carbons (Fsp3) is 0.500. The van der Waals surface area contributed by atoms with E-state index < -0.39 is 11.9 Å². The first-order chi connectivity index (χ1) is 8.20. The number of ether oxygens (including phenoxy) is 1. The third-order valence-electron chi connectivity index (χ3n) is 3.00. The van der Waals surface area contributed by atoms with Crippen molar-refractivity contribution in [1.29, 1.82) is 0 Å². The Kier molecular flexibility index (Phi) is 3.81. The molecular formula is C12H15FNO3-. The highest BCUT2D eigenvalue weighted by Gasteiger charge is 2.25. The van der Waals surface area contributed by atoms with Gasteiger partial charge in [0.05, 0.1) is 11.8 Å². The number of hydrogen-bond acceptors (Lipinski definition) is 4. The van der Waals surface area contributed by atoms with Gasteiger partial charge in [-0.05, 0) is 31.4 Å². The Labute approximate surface area is 99.0 Å². The Hall–Kier alpha value is -1.33. The van der Waals surface area contributed by atoms with Crippen molar-refractivity contribution in [2.24, 2.45) is 0 Å². The Morgan fingerprint density at radius 3 is 2.82 bits per heavy atom. The van der Waals surface area contributed by atoms with E-state index in [9.17, 15) is 14.7 Å². The number of aliphatic hydroxyl groups excluding tert-OH is 1. The largest absolute Gasteiger partial charge is 0.761 e. The lowest BCUT2D eigenvalue weighted by atomic mass is 9.95. The molecule has 1 aliphatic carbocycles. The predicted molar refractivity (Wildman–Crippen MR) is 62.3 cm³/mol. The molecule has 1 aliphatic rings. The van der Waals surface area contributed by atoms with E-state index >= 15 is 0 Å². The zero-order valence-electron chi connectivity index (χ0n) is 9.36. The second-order valence-electron chi connectivity index (χ2n) is 4.25.